The third-order valence-electron chi connectivity index (χ3n) is 3.28. The molecule has 0 aliphatic heterocycles. The summed E-state index contributed by atoms with van der Waals surface area (Å²) in [6.07, 6.45) is 1.08. The highest BCUT2D eigenvalue weighted by Crippen LogP contribution is 2.26. The summed E-state index contributed by atoms with van der Waals surface area (Å²) in [6, 6.07) is 6.04. The van der Waals surface area contributed by atoms with Gasteiger partial charge in [-0.25, -0.2) is 8.42 Å². The molecular formula is C15H20N4O3S3. The van der Waals surface area contributed by atoms with Crippen LogP contribution in [0.1, 0.15) is 19.4 Å². The van der Waals surface area contributed by atoms with Gasteiger partial charge in [0, 0.05) is 0 Å². The van der Waals surface area contributed by atoms with E-state index in [2.05, 4.69) is 15.5 Å². The molecule has 0 fully saturated rings. The van der Waals surface area contributed by atoms with E-state index in [4.69, 9.17) is 0 Å². The Bertz CT molecular complexity index is 834. The van der Waals surface area contributed by atoms with Crippen LogP contribution < -0.4 is 9.62 Å². The minimum atomic E-state index is -3.64. The fraction of sp³-hybridized carbons (Fsp3) is 0.400. The van der Waals surface area contributed by atoms with Gasteiger partial charge >= 0.3 is 0 Å². The fourth-order valence-electron chi connectivity index (χ4n) is 2.15. The molecule has 7 nitrogen and oxygen atoms in total. The molecule has 136 valence electrons. The summed E-state index contributed by atoms with van der Waals surface area (Å²) < 4.78 is 26.3. The van der Waals surface area contributed by atoms with Gasteiger partial charge in [0.05, 0.1) is 11.9 Å². The van der Waals surface area contributed by atoms with Gasteiger partial charge < -0.3 is 0 Å². The first-order valence-corrected chi connectivity index (χ1v) is 11.2. The van der Waals surface area contributed by atoms with Gasteiger partial charge in [-0.3, -0.25) is 14.4 Å². The van der Waals surface area contributed by atoms with Crippen molar-refractivity contribution in [3.05, 3.63) is 29.8 Å². The number of hydrogen-bond acceptors (Lipinski definition) is 7. The van der Waals surface area contributed by atoms with Gasteiger partial charge in [0.25, 0.3) is 0 Å². The molecule has 0 bridgehead atoms. The molecule has 2 rings (SSSR count). The predicted octanol–water partition coefficient (Wildman–Crippen LogP) is 2.75. The number of thioether (sulfide) groups is 1. The van der Waals surface area contributed by atoms with Crippen LogP contribution in [0.5, 0.6) is 0 Å². The number of carbonyl (C=O) groups excluding carboxylic acids is 1. The van der Waals surface area contributed by atoms with Crippen LogP contribution in [-0.4, -0.2) is 42.6 Å². The molecule has 0 radical (unpaired) electrons. The zero-order valence-corrected chi connectivity index (χ0v) is 16.8. The third-order valence-corrected chi connectivity index (χ3v) is 6.38. The van der Waals surface area contributed by atoms with E-state index in [0.29, 0.717) is 10.8 Å². The highest BCUT2D eigenvalue weighted by Gasteiger charge is 2.29. The number of hydrogen-bond donors (Lipinski definition) is 1. The number of aromatic nitrogens is 2. The maximum atomic E-state index is 12.5. The summed E-state index contributed by atoms with van der Waals surface area (Å²) >= 11 is 2.79. The van der Waals surface area contributed by atoms with E-state index < -0.39 is 22.0 Å². The van der Waals surface area contributed by atoms with E-state index in [1.165, 1.54) is 23.1 Å². The molecule has 0 aliphatic rings. The summed E-state index contributed by atoms with van der Waals surface area (Å²) in [7, 11) is -3.64. The Kier molecular flexibility index (Phi) is 6.42. The smallest absolute Gasteiger partial charge is 0.249 e. The number of aryl methyl sites for hydroxylation is 1. The van der Waals surface area contributed by atoms with E-state index in [1.54, 1.807) is 31.2 Å². The van der Waals surface area contributed by atoms with Gasteiger partial charge in [-0.1, -0.05) is 47.7 Å². The van der Waals surface area contributed by atoms with Crippen molar-refractivity contribution in [1.82, 2.24) is 10.2 Å². The van der Waals surface area contributed by atoms with Gasteiger partial charge in [-0.05, 0) is 31.7 Å². The number of rotatable bonds is 7. The quantitative estimate of drug-likeness (QED) is 0.567. The van der Waals surface area contributed by atoms with Crippen molar-refractivity contribution in [3.8, 4) is 0 Å². The van der Waals surface area contributed by atoms with Gasteiger partial charge in [0.15, 0.2) is 4.34 Å². The average molecular weight is 401 g/mol. The molecule has 1 N–H and O–H groups in total. The molecule has 0 spiro atoms. The summed E-state index contributed by atoms with van der Waals surface area (Å²) in [6.45, 7) is 5.45. The Morgan fingerprint density at radius 3 is 2.52 bits per heavy atom. The zero-order valence-electron chi connectivity index (χ0n) is 14.4. The molecule has 2 aromatic rings. The molecule has 25 heavy (non-hydrogen) atoms. The Labute approximate surface area is 155 Å². The SMILES string of the molecule is CCSc1nnc(NC(=O)[C@H](C)N(c2ccc(C)cc2)S(C)(=O)=O)s1. The lowest BCUT2D eigenvalue weighted by Gasteiger charge is -2.27. The predicted molar refractivity (Wildman–Crippen MR) is 103 cm³/mol. The van der Waals surface area contributed by atoms with Gasteiger partial charge in [0.1, 0.15) is 6.04 Å². The lowest BCUT2D eigenvalue weighted by Crippen LogP contribution is -2.45. The maximum absolute atomic E-state index is 12.5. The molecule has 0 aliphatic carbocycles. The zero-order chi connectivity index (χ0) is 18.6. The molecule has 1 amide bonds. The van der Waals surface area contributed by atoms with E-state index in [-0.39, 0.29) is 0 Å². The second-order valence-corrected chi connectivity index (χ2v) is 9.71. The number of nitrogens with one attached hydrogen (secondary N) is 1. The van der Waals surface area contributed by atoms with Gasteiger partial charge in [-0.2, -0.15) is 0 Å². The van der Waals surface area contributed by atoms with Crippen LogP contribution in [0.15, 0.2) is 28.6 Å². The topological polar surface area (TPSA) is 92.3 Å². The number of anilines is 2. The van der Waals surface area contributed by atoms with Crippen LogP contribution in [0, 0.1) is 6.92 Å². The molecule has 1 atom stereocenters. The highest BCUT2D eigenvalue weighted by atomic mass is 32.2. The Balaban J connectivity index is 2.21. The average Bonchev–Trinajstić information content (AvgIpc) is 2.95. The minimum Gasteiger partial charge on any atom is -0.299 e. The Morgan fingerprint density at radius 2 is 1.96 bits per heavy atom. The van der Waals surface area contributed by atoms with Crippen LogP contribution in [0.25, 0.3) is 0 Å². The third kappa shape index (κ3) is 5.16. The Morgan fingerprint density at radius 1 is 1.32 bits per heavy atom. The number of nitrogens with zero attached hydrogens (tertiary/aromatic N) is 3. The number of benzene rings is 1. The van der Waals surface area contributed by atoms with Crippen LogP contribution in [0.3, 0.4) is 0 Å². The van der Waals surface area contributed by atoms with Crippen molar-refractivity contribution in [2.45, 2.75) is 31.2 Å². The largest absolute Gasteiger partial charge is 0.299 e. The second kappa shape index (κ2) is 8.15. The summed E-state index contributed by atoms with van der Waals surface area (Å²) in [5.74, 6) is 0.393. The monoisotopic (exact) mass is 400 g/mol. The molecule has 1 aromatic heterocycles. The van der Waals surface area contributed by atoms with E-state index in [9.17, 15) is 13.2 Å². The molecule has 1 heterocycles. The van der Waals surface area contributed by atoms with E-state index >= 15 is 0 Å². The lowest BCUT2D eigenvalue weighted by atomic mass is 10.2. The summed E-state index contributed by atoms with van der Waals surface area (Å²) in [4.78, 5) is 12.5. The van der Waals surface area contributed by atoms with Crippen molar-refractivity contribution in [3.63, 3.8) is 0 Å². The summed E-state index contributed by atoms with van der Waals surface area (Å²) in [5, 5.41) is 10.9. The normalized spacial score (nSPS) is 12.6. The molecule has 0 saturated carbocycles. The first kappa shape index (κ1) is 19.7. The van der Waals surface area contributed by atoms with Crippen LogP contribution in [-0.2, 0) is 14.8 Å². The maximum Gasteiger partial charge on any atom is 0.249 e. The van der Waals surface area contributed by atoms with Crippen LogP contribution >= 0.6 is 23.1 Å². The Hall–Kier alpha value is -1.65. The van der Waals surface area contributed by atoms with Crippen molar-refractivity contribution in [2.24, 2.45) is 0 Å². The first-order chi connectivity index (χ1) is 11.7. The summed E-state index contributed by atoms with van der Waals surface area (Å²) in [5.41, 5.74) is 1.44. The molecule has 0 saturated heterocycles. The van der Waals surface area contributed by atoms with Crippen LogP contribution in [0.2, 0.25) is 0 Å². The van der Waals surface area contributed by atoms with Crippen molar-refractivity contribution >= 4 is 49.8 Å². The number of amides is 1. The molecule has 0 unspecified atom stereocenters. The number of carbonyl (C=O) groups is 1. The highest BCUT2D eigenvalue weighted by molar-refractivity contribution is 8.01. The second-order valence-electron chi connectivity index (χ2n) is 5.37. The first-order valence-electron chi connectivity index (χ1n) is 7.55. The molecule has 10 heteroatoms. The molecular weight excluding hydrogens is 380 g/mol. The number of sulfonamides is 1. The molecule has 1 aromatic carbocycles. The van der Waals surface area contributed by atoms with Crippen molar-refractivity contribution in [2.75, 3.05) is 21.6 Å². The fourth-order valence-corrected chi connectivity index (χ4v) is 4.98. The van der Waals surface area contributed by atoms with E-state index in [0.717, 1.165) is 26.2 Å². The van der Waals surface area contributed by atoms with Gasteiger partial charge in [0.2, 0.25) is 21.1 Å². The van der Waals surface area contributed by atoms with Crippen molar-refractivity contribution in [1.29, 1.82) is 0 Å². The van der Waals surface area contributed by atoms with E-state index in [1.807, 2.05) is 13.8 Å². The van der Waals surface area contributed by atoms with Gasteiger partial charge in [-0.15, -0.1) is 10.2 Å². The standard InChI is InChI=1S/C15H20N4O3S3/c1-5-23-15-18-17-14(24-15)16-13(20)11(3)19(25(4,21)22)12-8-6-10(2)7-9-12/h6-9,11H,5H2,1-4H3,(H,16,17,20)/t11-/m0/s1. The minimum absolute atomic E-state index is 0.352. The lowest BCUT2D eigenvalue weighted by molar-refractivity contribution is -0.116. The van der Waals surface area contributed by atoms with Crippen LogP contribution in [0.4, 0.5) is 10.8 Å². The van der Waals surface area contributed by atoms with Crippen molar-refractivity contribution < 1.29 is 13.2 Å².